The average Bonchev–Trinajstić information content (AvgIpc) is 2.80. The Hall–Kier alpha value is -2.63. The van der Waals surface area contributed by atoms with Gasteiger partial charge in [0, 0.05) is 6.07 Å². The van der Waals surface area contributed by atoms with Crippen LogP contribution in [0.2, 0.25) is 0 Å². The van der Waals surface area contributed by atoms with E-state index in [1.165, 1.54) is 6.07 Å². The molecule has 1 aromatic carbocycles. The molecule has 1 atom stereocenters. The molecule has 1 amide bonds. The number of benzene rings is 1. The quantitative estimate of drug-likeness (QED) is 0.899. The topological polar surface area (TPSA) is 92.4 Å². The lowest BCUT2D eigenvalue weighted by atomic mass is 10.0. The molecule has 1 aromatic heterocycles. The van der Waals surface area contributed by atoms with Gasteiger partial charge in [-0.15, -0.1) is 0 Å². The molecular formula is C15H16N2O4. The summed E-state index contributed by atoms with van der Waals surface area (Å²) in [7, 11) is 0. The Morgan fingerprint density at radius 3 is 2.24 bits per heavy atom. The Bertz CT molecular complexity index is 670. The van der Waals surface area contributed by atoms with Crippen LogP contribution in [-0.4, -0.2) is 22.1 Å². The first-order valence-corrected chi connectivity index (χ1v) is 6.42. The number of carboxylic acids is 1. The van der Waals surface area contributed by atoms with Crippen LogP contribution in [0.5, 0.6) is 0 Å². The summed E-state index contributed by atoms with van der Waals surface area (Å²) in [4.78, 5) is 23.4. The van der Waals surface area contributed by atoms with Crippen LogP contribution in [0, 0.1) is 20.8 Å². The van der Waals surface area contributed by atoms with Crippen molar-refractivity contribution < 1.29 is 19.2 Å². The molecule has 0 fully saturated rings. The van der Waals surface area contributed by atoms with E-state index < -0.39 is 17.9 Å². The number of aliphatic carboxylic acids is 1. The van der Waals surface area contributed by atoms with Gasteiger partial charge in [0.1, 0.15) is 0 Å². The van der Waals surface area contributed by atoms with Crippen LogP contribution >= 0.6 is 0 Å². The Morgan fingerprint density at radius 2 is 1.76 bits per heavy atom. The summed E-state index contributed by atoms with van der Waals surface area (Å²) in [6.07, 6.45) is 0. The number of nitrogens with one attached hydrogen (secondary N) is 1. The third-order valence-electron chi connectivity index (χ3n) is 2.95. The van der Waals surface area contributed by atoms with E-state index >= 15 is 0 Å². The highest BCUT2D eigenvalue weighted by molar-refractivity contribution is 5.94. The minimum absolute atomic E-state index is 0.0110. The van der Waals surface area contributed by atoms with E-state index in [0.717, 1.165) is 11.1 Å². The second kappa shape index (κ2) is 5.78. The van der Waals surface area contributed by atoms with E-state index in [-0.39, 0.29) is 5.76 Å². The molecular weight excluding hydrogens is 272 g/mol. The fraction of sp³-hybridized carbons (Fsp3) is 0.267. The molecule has 0 saturated heterocycles. The lowest BCUT2D eigenvalue weighted by molar-refractivity contribution is -0.139. The van der Waals surface area contributed by atoms with Crippen LogP contribution in [0.3, 0.4) is 0 Å². The van der Waals surface area contributed by atoms with Crippen LogP contribution in [0.15, 0.2) is 28.8 Å². The van der Waals surface area contributed by atoms with Gasteiger partial charge in [0.15, 0.2) is 6.04 Å². The van der Waals surface area contributed by atoms with Crippen LogP contribution in [0.25, 0.3) is 0 Å². The number of amides is 1. The maximum absolute atomic E-state index is 12.0. The number of aromatic nitrogens is 1. The van der Waals surface area contributed by atoms with E-state index in [1.54, 1.807) is 19.1 Å². The fourth-order valence-corrected chi connectivity index (χ4v) is 2.14. The minimum Gasteiger partial charge on any atom is -0.479 e. The lowest BCUT2D eigenvalue weighted by Crippen LogP contribution is -2.33. The maximum Gasteiger partial charge on any atom is 0.330 e. The summed E-state index contributed by atoms with van der Waals surface area (Å²) < 4.78 is 4.84. The maximum atomic E-state index is 12.0. The van der Waals surface area contributed by atoms with Crippen molar-refractivity contribution in [2.75, 3.05) is 0 Å². The van der Waals surface area contributed by atoms with E-state index in [2.05, 4.69) is 10.5 Å². The smallest absolute Gasteiger partial charge is 0.330 e. The molecule has 0 aliphatic carbocycles. The summed E-state index contributed by atoms with van der Waals surface area (Å²) in [5.74, 6) is -1.75. The first-order valence-electron chi connectivity index (χ1n) is 6.42. The van der Waals surface area contributed by atoms with Gasteiger partial charge in [0.2, 0.25) is 5.76 Å². The highest BCUT2D eigenvalue weighted by Gasteiger charge is 2.24. The molecule has 0 radical (unpaired) electrons. The molecule has 21 heavy (non-hydrogen) atoms. The summed E-state index contributed by atoms with van der Waals surface area (Å²) in [6, 6.07) is 5.72. The third-order valence-corrected chi connectivity index (χ3v) is 2.95. The molecule has 0 saturated carbocycles. The first-order chi connectivity index (χ1) is 9.86. The SMILES string of the molecule is Cc1cc(C)cc(C(NC(=O)c2cc(C)no2)C(=O)O)c1. The number of hydrogen-bond donors (Lipinski definition) is 2. The van der Waals surface area contributed by atoms with Gasteiger partial charge in [-0.25, -0.2) is 4.79 Å². The predicted molar refractivity (Wildman–Crippen MR) is 75.0 cm³/mol. The van der Waals surface area contributed by atoms with Gasteiger partial charge < -0.3 is 14.9 Å². The van der Waals surface area contributed by atoms with Crippen molar-refractivity contribution in [3.63, 3.8) is 0 Å². The molecule has 0 aliphatic heterocycles. The highest BCUT2D eigenvalue weighted by atomic mass is 16.5. The third kappa shape index (κ3) is 3.47. The molecule has 2 aromatic rings. The van der Waals surface area contributed by atoms with E-state index in [9.17, 15) is 14.7 Å². The zero-order valence-electron chi connectivity index (χ0n) is 12.0. The standard InChI is InChI=1S/C15H16N2O4/c1-8-4-9(2)6-11(5-8)13(15(19)20)16-14(18)12-7-10(3)17-21-12/h4-7,13H,1-3H3,(H,16,18)(H,19,20). The normalized spacial score (nSPS) is 12.0. The molecule has 110 valence electrons. The number of nitrogens with zero attached hydrogens (tertiary/aromatic N) is 1. The predicted octanol–water partition coefficient (Wildman–Crippen LogP) is 2.16. The molecule has 6 heteroatoms. The number of carboxylic acid groups (broad SMARTS) is 1. The lowest BCUT2D eigenvalue weighted by Gasteiger charge is -2.15. The monoisotopic (exact) mass is 288 g/mol. The zero-order chi connectivity index (χ0) is 15.6. The van der Waals surface area contributed by atoms with E-state index in [1.807, 2.05) is 19.9 Å². The Kier molecular flexibility index (Phi) is 4.07. The molecule has 0 spiro atoms. The molecule has 2 rings (SSSR count). The Morgan fingerprint density at radius 1 is 1.14 bits per heavy atom. The minimum atomic E-state index is -1.14. The fourth-order valence-electron chi connectivity index (χ4n) is 2.14. The Labute approximate surface area is 121 Å². The van der Waals surface area contributed by atoms with Crippen molar-refractivity contribution in [2.24, 2.45) is 0 Å². The van der Waals surface area contributed by atoms with Crippen LogP contribution in [-0.2, 0) is 4.79 Å². The van der Waals surface area contributed by atoms with Gasteiger partial charge in [-0.3, -0.25) is 4.79 Å². The van der Waals surface area contributed by atoms with E-state index in [0.29, 0.717) is 11.3 Å². The molecule has 6 nitrogen and oxygen atoms in total. The van der Waals surface area contributed by atoms with Crippen molar-refractivity contribution in [1.29, 1.82) is 0 Å². The van der Waals surface area contributed by atoms with Crippen LogP contribution in [0.4, 0.5) is 0 Å². The van der Waals surface area contributed by atoms with Crippen molar-refractivity contribution in [3.05, 3.63) is 52.4 Å². The molecule has 1 unspecified atom stereocenters. The van der Waals surface area contributed by atoms with Gasteiger partial charge in [-0.05, 0) is 26.3 Å². The average molecular weight is 288 g/mol. The molecule has 0 bridgehead atoms. The van der Waals surface area contributed by atoms with Crippen molar-refractivity contribution in [2.45, 2.75) is 26.8 Å². The summed E-state index contributed by atoms with van der Waals surface area (Å²) in [6.45, 7) is 5.42. The largest absolute Gasteiger partial charge is 0.479 e. The number of aryl methyl sites for hydroxylation is 3. The van der Waals surface area contributed by atoms with Gasteiger partial charge >= 0.3 is 5.97 Å². The van der Waals surface area contributed by atoms with Crippen molar-refractivity contribution in [1.82, 2.24) is 10.5 Å². The number of carbonyl (C=O) groups excluding carboxylic acids is 1. The summed E-state index contributed by atoms with van der Waals surface area (Å²) in [5, 5.41) is 15.4. The van der Waals surface area contributed by atoms with E-state index in [4.69, 9.17) is 4.52 Å². The number of hydrogen-bond acceptors (Lipinski definition) is 4. The molecule has 1 heterocycles. The van der Waals surface area contributed by atoms with Gasteiger partial charge in [-0.1, -0.05) is 34.5 Å². The highest BCUT2D eigenvalue weighted by Crippen LogP contribution is 2.18. The number of rotatable bonds is 4. The summed E-state index contributed by atoms with van der Waals surface area (Å²) in [5.41, 5.74) is 2.94. The zero-order valence-corrected chi connectivity index (χ0v) is 12.0. The van der Waals surface area contributed by atoms with Gasteiger partial charge in [0.25, 0.3) is 5.91 Å². The van der Waals surface area contributed by atoms with Gasteiger partial charge in [0.05, 0.1) is 5.69 Å². The van der Waals surface area contributed by atoms with Crippen LogP contribution < -0.4 is 5.32 Å². The molecule has 2 N–H and O–H groups in total. The van der Waals surface area contributed by atoms with Crippen LogP contribution in [0.1, 0.15) is 39.0 Å². The molecule has 0 aliphatic rings. The van der Waals surface area contributed by atoms with Gasteiger partial charge in [-0.2, -0.15) is 0 Å². The van der Waals surface area contributed by atoms with Crippen molar-refractivity contribution >= 4 is 11.9 Å². The number of carbonyl (C=O) groups is 2. The Balaban J connectivity index is 2.27. The second-order valence-electron chi connectivity index (χ2n) is 5.00. The second-order valence-corrected chi connectivity index (χ2v) is 5.00. The van der Waals surface area contributed by atoms with Crippen molar-refractivity contribution in [3.8, 4) is 0 Å². The first kappa shape index (κ1) is 14.8. The summed E-state index contributed by atoms with van der Waals surface area (Å²) >= 11 is 0.